The molecule has 0 aromatic heterocycles. The van der Waals surface area contributed by atoms with E-state index in [1.54, 1.807) is 6.07 Å². The Labute approximate surface area is 96.6 Å². The molecule has 0 radical (unpaired) electrons. The minimum Gasteiger partial charge on any atom is -0.394 e. The first-order chi connectivity index (χ1) is 7.04. The van der Waals surface area contributed by atoms with Gasteiger partial charge in [0.25, 0.3) is 0 Å². The van der Waals surface area contributed by atoms with Crippen molar-refractivity contribution in [2.75, 3.05) is 11.9 Å². The molecule has 4 N–H and O–H groups in total. The van der Waals surface area contributed by atoms with Gasteiger partial charge in [0.05, 0.1) is 12.3 Å². The molecule has 0 saturated heterocycles. The second kappa shape index (κ2) is 5.25. The molecule has 15 heavy (non-hydrogen) atoms. The fourth-order valence-electron chi connectivity index (χ4n) is 1.03. The number of carbonyl (C=O) groups excluding carboxylic acids is 1. The Morgan fingerprint density at radius 2 is 2.33 bits per heavy atom. The van der Waals surface area contributed by atoms with Crippen LogP contribution in [-0.4, -0.2) is 23.7 Å². The maximum absolute atomic E-state index is 11.4. The quantitative estimate of drug-likeness (QED) is 0.769. The summed E-state index contributed by atoms with van der Waals surface area (Å²) >= 11 is 3.33. The molecule has 82 valence electrons. The van der Waals surface area contributed by atoms with Crippen molar-refractivity contribution in [1.29, 1.82) is 0 Å². The molecule has 0 aliphatic heterocycles. The van der Waals surface area contributed by atoms with Gasteiger partial charge in [-0.3, -0.25) is 4.79 Å². The van der Waals surface area contributed by atoms with Crippen molar-refractivity contribution in [3.63, 3.8) is 0 Å². The lowest BCUT2D eigenvalue weighted by Gasteiger charge is -2.11. The minimum absolute atomic E-state index is 0.366. The lowest BCUT2D eigenvalue weighted by molar-refractivity contribution is -0.118. The van der Waals surface area contributed by atoms with Gasteiger partial charge in [0.2, 0.25) is 5.91 Å². The van der Waals surface area contributed by atoms with Crippen LogP contribution in [0.25, 0.3) is 0 Å². The lowest BCUT2D eigenvalue weighted by Crippen LogP contribution is -2.38. The molecular weight excluding hydrogens is 260 g/mol. The SMILES string of the molecule is Cc1ccc(NC(=O)C(N)CO)c(Br)c1. The van der Waals surface area contributed by atoms with E-state index in [1.165, 1.54) is 0 Å². The van der Waals surface area contributed by atoms with Gasteiger partial charge in [-0.05, 0) is 40.5 Å². The van der Waals surface area contributed by atoms with Crippen LogP contribution in [0.3, 0.4) is 0 Å². The van der Waals surface area contributed by atoms with Gasteiger partial charge in [-0.2, -0.15) is 0 Å². The van der Waals surface area contributed by atoms with Crippen molar-refractivity contribution in [2.45, 2.75) is 13.0 Å². The summed E-state index contributed by atoms with van der Waals surface area (Å²) < 4.78 is 0.793. The predicted octanol–water partition coefficient (Wildman–Crippen LogP) is 1.02. The van der Waals surface area contributed by atoms with Gasteiger partial charge >= 0.3 is 0 Å². The Kier molecular flexibility index (Phi) is 4.26. The number of aliphatic hydroxyl groups is 1. The molecule has 1 atom stereocenters. The summed E-state index contributed by atoms with van der Waals surface area (Å²) in [6.45, 7) is 1.59. The number of nitrogens with two attached hydrogens (primary N) is 1. The molecule has 1 aromatic carbocycles. The van der Waals surface area contributed by atoms with Gasteiger partial charge in [-0.25, -0.2) is 0 Å². The van der Waals surface area contributed by atoms with E-state index < -0.39 is 11.9 Å². The van der Waals surface area contributed by atoms with Crippen LogP contribution >= 0.6 is 15.9 Å². The topological polar surface area (TPSA) is 75.4 Å². The van der Waals surface area contributed by atoms with E-state index in [1.807, 2.05) is 19.1 Å². The van der Waals surface area contributed by atoms with E-state index in [9.17, 15) is 4.79 Å². The highest BCUT2D eigenvalue weighted by molar-refractivity contribution is 9.10. The molecule has 5 heteroatoms. The van der Waals surface area contributed by atoms with Crippen LogP contribution in [0.5, 0.6) is 0 Å². The molecule has 0 saturated carbocycles. The number of rotatable bonds is 3. The number of aliphatic hydroxyl groups excluding tert-OH is 1. The summed E-state index contributed by atoms with van der Waals surface area (Å²) in [6, 6.07) is 4.66. The van der Waals surface area contributed by atoms with Crippen molar-refractivity contribution < 1.29 is 9.90 Å². The van der Waals surface area contributed by atoms with Crippen molar-refractivity contribution >= 4 is 27.5 Å². The van der Waals surface area contributed by atoms with Crippen molar-refractivity contribution in [2.24, 2.45) is 5.73 Å². The first-order valence-corrected chi connectivity index (χ1v) is 5.27. The highest BCUT2D eigenvalue weighted by Crippen LogP contribution is 2.23. The van der Waals surface area contributed by atoms with Gasteiger partial charge in [0.1, 0.15) is 6.04 Å². The fraction of sp³-hybridized carbons (Fsp3) is 0.300. The summed E-state index contributed by atoms with van der Waals surface area (Å²) in [7, 11) is 0. The van der Waals surface area contributed by atoms with Gasteiger partial charge in [0.15, 0.2) is 0 Å². The third-order valence-corrected chi connectivity index (χ3v) is 2.57. The summed E-state index contributed by atoms with van der Waals surface area (Å²) in [4.78, 5) is 11.4. The van der Waals surface area contributed by atoms with Gasteiger partial charge in [-0.1, -0.05) is 6.07 Å². The number of halogens is 1. The van der Waals surface area contributed by atoms with E-state index in [4.69, 9.17) is 10.8 Å². The largest absolute Gasteiger partial charge is 0.394 e. The summed E-state index contributed by atoms with van der Waals surface area (Å²) in [6.07, 6.45) is 0. The number of hydrogen-bond acceptors (Lipinski definition) is 3. The molecule has 1 aromatic rings. The third-order valence-electron chi connectivity index (χ3n) is 1.92. The zero-order valence-electron chi connectivity index (χ0n) is 8.33. The standard InChI is InChI=1S/C10H13BrN2O2/c1-6-2-3-9(7(11)4-6)13-10(15)8(12)5-14/h2-4,8,14H,5,12H2,1H3,(H,13,15). The lowest BCUT2D eigenvalue weighted by atomic mass is 10.2. The first kappa shape index (κ1) is 12.2. The highest BCUT2D eigenvalue weighted by atomic mass is 79.9. The third kappa shape index (κ3) is 3.30. The van der Waals surface area contributed by atoms with E-state index in [2.05, 4.69) is 21.2 Å². The number of aryl methyl sites for hydroxylation is 1. The van der Waals surface area contributed by atoms with E-state index in [-0.39, 0.29) is 6.61 Å². The number of hydrogen-bond donors (Lipinski definition) is 3. The van der Waals surface area contributed by atoms with Crippen molar-refractivity contribution in [3.8, 4) is 0 Å². The molecule has 0 heterocycles. The summed E-state index contributed by atoms with van der Waals surface area (Å²) in [5.41, 5.74) is 7.10. The van der Waals surface area contributed by atoms with E-state index in [0.717, 1.165) is 10.0 Å². The average Bonchev–Trinajstić information content (AvgIpc) is 2.20. The molecule has 0 aliphatic carbocycles. The van der Waals surface area contributed by atoms with Crippen LogP contribution < -0.4 is 11.1 Å². The second-order valence-electron chi connectivity index (χ2n) is 3.26. The van der Waals surface area contributed by atoms with Crippen LogP contribution in [0.2, 0.25) is 0 Å². The smallest absolute Gasteiger partial charge is 0.243 e. The van der Waals surface area contributed by atoms with E-state index >= 15 is 0 Å². The van der Waals surface area contributed by atoms with Gasteiger partial charge in [-0.15, -0.1) is 0 Å². The zero-order chi connectivity index (χ0) is 11.4. The number of amides is 1. The van der Waals surface area contributed by atoms with Crippen LogP contribution in [-0.2, 0) is 4.79 Å². The maximum atomic E-state index is 11.4. The molecule has 4 nitrogen and oxygen atoms in total. The first-order valence-electron chi connectivity index (χ1n) is 4.48. The Morgan fingerprint density at radius 3 is 2.87 bits per heavy atom. The molecule has 0 spiro atoms. The Hall–Kier alpha value is -0.910. The maximum Gasteiger partial charge on any atom is 0.243 e. The van der Waals surface area contributed by atoms with Crippen LogP contribution in [0, 0.1) is 6.92 Å². The minimum atomic E-state index is -0.891. The molecule has 0 fully saturated rings. The second-order valence-corrected chi connectivity index (χ2v) is 4.12. The molecule has 0 bridgehead atoms. The van der Waals surface area contributed by atoms with Gasteiger partial charge < -0.3 is 16.2 Å². The molecule has 1 amide bonds. The molecule has 0 aliphatic rings. The van der Waals surface area contributed by atoms with E-state index in [0.29, 0.717) is 5.69 Å². The Balaban J connectivity index is 2.77. The van der Waals surface area contributed by atoms with Crippen LogP contribution in [0.1, 0.15) is 5.56 Å². The van der Waals surface area contributed by atoms with Gasteiger partial charge in [0, 0.05) is 4.47 Å². The predicted molar refractivity (Wildman–Crippen MR) is 62.6 cm³/mol. The Morgan fingerprint density at radius 1 is 1.67 bits per heavy atom. The molecular formula is C10H13BrN2O2. The zero-order valence-corrected chi connectivity index (χ0v) is 9.91. The fourth-order valence-corrected chi connectivity index (χ4v) is 1.62. The number of nitrogens with one attached hydrogen (secondary N) is 1. The summed E-state index contributed by atoms with van der Waals surface area (Å²) in [5, 5.41) is 11.3. The average molecular weight is 273 g/mol. The Bertz CT molecular complexity index is 368. The summed E-state index contributed by atoms with van der Waals surface area (Å²) in [5.74, 6) is -0.401. The normalized spacial score (nSPS) is 12.3. The number of benzene rings is 1. The van der Waals surface area contributed by atoms with Crippen LogP contribution in [0.15, 0.2) is 22.7 Å². The van der Waals surface area contributed by atoms with Crippen molar-refractivity contribution in [3.05, 3.63) is 28.2 Å². The van der Waals surface area contributed by atoms with Crippen LogP contribution in [0.4, 0.5) is 5.69 Å². The highest BCUT2D eigenvalue weighted by Gasteiger charge is 2.13. The molecule has 1 rings (SSSR count). The monoisotopic (exact) mass is 272 g/mol. The number of anilines is 1. The molecule has 1 unspecified atom stereocenters. The van der Waals surface area contributed by atoms with Crippen molar-refractivity contribution in [1.82, 2.24) is 0 Å². The number of carbonyl (C=O) groups is 1.